The van der Waals surface area contributed by atoms with Crippen molar-refractivity contribution in [3.05, 3.63) is 88.9 Å². The van der Waals surface area contributed by atoms with Crippen molar-refractivity contribution in [3.63, 3.8) is 0 Å². The van der Waals surface area contributed by atoms with E-state index in [9.17, 15) is 0 Å². The standard InChI is InChI=1S/C19H15BrO/c20-18-10-6-16(7-11-18)17-8-12-19(13-9-17)21-14-15-4-2-1-3-5-15/h1-13H,14H2. The predicted molar refractivity (Wildman–Crippen MR) is 90.4 cm³/mol. The number of hydrogen-bond acceptors (Lipinski definition) is 1. The van der Waals surface area contributed by atoms with E-state index in [1.54, 1.807) is 0 Å². The third kappa shape index (κ3) is 3.73. The normalized spacial score (nSPS) is 10.3. The topological polar surface area (TPSA) is 9.23 Å². The summed E-state index contributed by atoms with van der Waals surface area (Å²) in [5, 5.41) is 0. The number of benzene rings is 3. The molecule has 0 radical (unpaired) electrons. The van der Waals surface area contributed by atoms with Gasteiger partial charge in [-0.3, -0.25) is 0 Å². The summed E-state index contributed by atoms with van der Waals surface area (Å²) in [6.07, 6.45) is 0. The Morgan fingerprint density at radius 2 is 1.24 bits per heavy atom. The highest BCUT2D eigenvalue weighted by Crippen LogP contribution is 2.24. The highest BCUT2D eigenvalue weighted by molar-refractivity contribution is 9.10. The number of hydrogen-bond donors (Lipinski definition) is 0. The minimum absolute atomic E-state index is 0.596. The molecule has 0 unspecified atom stereocenters. The van der Waals surface area contributed by atoms with Gasteiger partial charge in [-0.1, -0.05) is 70.5 Å². The van der Waals surface area contributed by atoms with Crippen LogP contribution in [0, 0.1) is 0 Å². The molecule has 3 aromatic carbocycles. The van der Waals surface area contributed by atoms with Gasteiger partial charge in [-0.25, -0.2) is 0 Å². The molecule has 0 saturated heterocycles. The van der Waals surface area contributed by atoms with Crippen LogP contribution in [-0.4, -0.2) is 0 Å². The second kappa shape index (κ2) is 6.59. The summed E-state index contributed by atoms with van der Waals surface area (Å²) in [4.78, 5) is 0. The maximum absolute atomic E-state index is 5.79. The van der Waals surface area contributed by atoms with Crippen LogP contribution >= 0.6 is 15.9 Å². The van der Waals surface area contributed by atoms with Gasteiger partial charge in [-0.05, 0) is 41.0 Å². The molecular formula is C19H15BrO. The van der Waals surface area contributed by atoms with Gasteiger partial charge in [0.1, 0.15) is 12.4 Å². The minimum Gasteiger partial charge on any atom is -0.489 e. The van der Waals surface area contributed by atoms with E-state index in [-0.39, 0.29) is 0 Å². The largest absolute Gasteiger partial charge is 0.489 e. The summed E-state index contributed by atoms with van der Waals surface area (Å²) in [6.45, 7) is 0.596. The van der Waals surface area contributed by atoms with Gasteiger partial charge in [-0.2, -0.15) is 0 Å². The first kappa shape index (κ1) is 13.9. The van der Waals surface area contributed by atoms with E-state index < -0.39 is 0 Å². The maximum Gasteiger partial charge on any atom is 0.119 e. The van der Waals surface area contributed by atoms with Crippen LogP contribution in [0.3, 0.4) is 0 Å². The maximum atomic E-state index is 5.79. The van der Waals surface area contributed by atoms with Crippen molar-refractivity contribution in [2.24, 2.45) is 0 Å². The zero-order valence-electron chi connectivity index (χ0n) is 11.5. The highest BCUT2D eigenvalue weighted by atomic mass is 79.9. The van der Waals surface area contributed by atoms with Crippen LogP contribution in [-0.2, 0) is 6.61 Å². The Hall–Kier alpha value is -2.06. The van der Waals surface area contributed by atoms with Gasteiger partial charge >= 0.3 is 0 Å². The van der Waals surface area contributed by atoms with Crippen molar-refractivity contribution in [2.75, 3.05) is 0 Å². The Balaban J connectivity index is 1.68. The van der Waals surface area contributed by atoms with Crippen LogP contribution in [0.5, 0.6) is 5.75 Å². The molecule has 0 saturated carbocycles. The zero-order valence-corrected chi connectivity index (χ0v) is 13.1. The van der Waals surface area contributed by atoms with E-state index in [1.807, 2.05) is 30.3 Å². The van der Waals surface area contributed by atoms with E-state index in [2.05, 4.69) is 64.5 Å². The molecule has 3 aromatic rings. The van der Waals surface area contributed by atoms with E-state index in [1.165, 1.54) is 16.7 Å². The first-order valence-corrected chi connectivity index (χ1v) is 7.63. The molecule has 2 heteroatoms. The van der Waals surface area contributed by atoms with Crippen molar-refractivity contribution in [1.29, 1.82) is 0 Å². The van der Waals surface area contributed by atoms with Gasteiger partial charge < -0.3 is 4.74 Å². The lowest BCUT2D eigenvalue weighted by Crippen LogP contribution is -1.94. The predicted octanol–water partition coefficient (Wildman–Crippen LogP) is 5.70. The third-order valence-electron chi connectivity index (χ3n) is 3.28. The molecule has 3 rings (SSSR count). The van der Waals surface area contributed by atoms with Crippen molar-refractivity contribution < 1.29 is 4.74 Å². The van der Waals surface area contributed by atoms with E-state index in [0.717, 1.165) is 10.2 Å². The summed E-state index contributed by atoms with van der Waals surface area (Å²) in [7, 11) is 0. The lowest BCUT2D eigenvalue weighted by Gasteiger charge is -2.07. The van der Waals surface area contributed by atoms with E-state index in [0.29, 0.717) is 6.61 Å². The minimum atomic E-state index is 0.596. The highest BCUT2D eigenvalue weighted by Gasteiger charge is 1.99. The van der Waals surface area contributed by atoms with Gasteiger partial charge in [0.2, 0.25) is 0 Å². The zero-order chi connectivity index (χ0) is 14.5. The number of rotatable bonds is 4. The van der Waals surface area contributed by atoms with Gasteiger partial charge in [0.15, 0.2) is 0 Å². The molecule has 104 valence electrons. The molecule has 0 aliphatic rings. The molecule has 1 nitrogen and oxygen atoms in total. The lowest BCUT2D eigenvalue weighted by molar-refractivity contribution is 0.306. The molecule has 0 aliphatic carbocycles. The van der Waals surface area contributed by atoms with E-state index in [4.69, 9.17) is 4.74 Å². The summed E-state index contributed by atoms with van der Waals surface area (Å²) in [6, 6.07) is 26.7. The Morgan fingerprint density at radius 1 is 0.667 bits per heavy atom. The van der Waals surface area contributed by atoms with Gasteiger partial charge in [0, 0.05) is 4.47 Å². The Labute approximate surface area is 133 Å². The smallest absolute Gasteiger partial charge is 0.119 e. The molecule has 21 heavy (non-hydrogen) atoms. The summed E-state index contributed by atoms with van der Waals surface area (Å²) in [5.74, 6) is 0.889. The first-order valence-electron chi connectivity index (χ1n) is 6.84. The van der Waals surface area contributed by atoms with Crippen molar-refractivity contribution >= 4 is 15.9 Å². The lowest BCUT2D eigenvalue weighted by atomic mass is 10.1. The van der Waals surface area contributed by atoms with Crippen LogP contribution in [0.1, 0.15) is 5.56 Å². The van der Waals surface area contributed by atoms with E-state index >= 15 is 0 Å². The summed E-state index contributed by atoms with van der Waals surface area (Å²) >= 11 is 3.45. The fourth-order valence-electron chi connectivity index (χ4n) is 2.13. The summed E-state index contributed by atoms with van der Waals surface area (Å²) in [5.41, 5.74) is 3.57. The molecule has 0 heterocycles. The quantitative estimate of drug-likeness (QED) is 0.593. The fraction of sp³-hybridized carbons (Fsp3) is 0.0526. The Bertz CT molecular complexity index is 688. The molecule has 0 atom stereocenters. The van der Waals surface area contributed by atoms with Crippen LogP contribution < -0.4 is 4.74 Å². The fourth-order valence-corrected chi connectivity index (χ4v) is 2.39. The second-order valence-corrected chi connectivity index (χ2v) is 5.72. The Morgan fingerprint density at radius 3 is 1.86 bits per heavy atom. The summed E-state index contributed by atoms with van der Waals surface area (Å²) < 4.78 is 6.89. The van der Waals surface area contributed by atoms with Gasteiger partial charge in [-0.15, -0.1) is 0 Å². The van der Waals surface area contributed by atoms with Gasteiger partial charge in [0.05, 0.1) is 0 Å². The van der Waals surface area contributed by atoms with Crippen molar-refractivity contribution in [2.45, 2.75) is 6.61 Å². The monoisotopic (exact) mass is 338 g/mol. The van der Waals surface area contributed by atoms with Crippen molar-refractivity contribution in [1.82, 2.24) is 0 Å². The molecule has 0 fully saturated rings. The SMILES string of the molecule is Brc1ccc(-c2ccc(OCc3ccccc3)cc2)cc1. The van der Waals surface area contributed by atoms with Crippen LogP contribution in [0.4, 0.5) is 0 Å². The molecule has 0 aliphatic heterocycles. The van der Waals surface area contributed by atoms with Crippen LogP contribution in [0.25, 0.3) is 11.1 Å². The van der Waals surface area contributed by atoms with Crippen molar-refractivity contribution in [3.8, 4) is 16.9 Å². The van der Waals surface area contributed by atoms with Gasteiger partial charge in [0.25, 0.3) is 0 Å². The molecule has 0 aromatic heterocycles. The Kier molecular flexibility index (Phi) is 4.37. The number of halogens is 1. The number of ether oxygens (including phenoxy) is 1. The molecule has 0 N–H and O–H groups in total. The molecule has 0 spiro atoms. The average Bonchev–Trinajstić information content (AvgIpc) is 2.55. The molecule has 0 amide bonds. The first-order chi connectivity index (χ1) is 10.3. The third-order valence-corrected chi connectivity index (χ3v) is 3.81. The van der Waals surface area contributed by atoms with Crippen LogP contribution in [0.15, 0.2) is 83.3 Å². The average molecular weight is 339 g/mol. The second-order valence-electron chi connectivity index (χ2n) is 4.81. The molecule has 0 bridgehead atoms. The molecular weight excluding hydrogens is 324 g/mol. The van der Waals surface area contributed by atoms with Crippen LogP contribution in [0.2, 0.25) is 0 Å².